The summed E-state index contributed by atoms with van der Waals surface area (Å²) in [5.41, 5.74) is 5.64. The molecule has 0 bridgehead atoms. The molecule has 0 aliphatic carbocycles. The van der Waals surface area contributed by atoms with Crippen LogP contribution in [0.25, 0.3) is 0 Å². The predicted molar refractivity (Wildman–Crippen MR) is 244 cm³/mol. The van der Waals surface area contributed by atoms with Crippen molar-refractivity contribution in [3.05, 3.63) is 133 Å². The fraction of sp³-hybridized carbons (Fsp3) is 0.268. The Bertz CT molecular complexity index is 2400. The molecular weight excluding hydrogens is 912 g/mol. The summed E-state index contributed by atoms with van der Waals surface area (Å²) in [5.74, 6) is -1.39. The van der Waals surface area contributed by atoms with E-state index in [0.29, 0.717) is 49.0 Å². The van der Waals surface area contributed by atoms with Crippen LogP contribution in [0.2, 0.25) is 4.34 Å². The number of oxime groups is 1. The lowest BCUT2D eigenvalue weighted by molar-refractivity contribution is -0.150. The number of nitrogen functional groups attached to an aromatic ring is 1. The van der Waals surface area contributed by atoms with Crippen molar-refractivity contribution in [1.29, 1.82) is 0 Å². The van der Waals surface area contributed by atoms with Crippen molar-refractivity contribution in [3.8, 4) is 0 Å². The maximum absolute atomic E-state index is 14.4. The monoisotopic (exact) mass is 950 g/mol. The van der Waals surface area contributed by atoms with Crippen molar-refractivity contribution < 1.29 is 33.9 Å². The van der Waals surface area contributed by atoms with Crippen LogP contribution in [0.1, 0.15) is 48.2 Å². The highest BCUT2D eigenvalue weighted by molar-refractivity contribution is 8.07. The second-order valence-electron chi connectivity index (χ2n) is 14.5. The highest BCUT2D eigenvalue weighted by Crippen LogP contribution is 2.46. The summed E-state index contributed by atoms with van der Waals surface area (Å²) in [5, 5.41) is 28.9. The van der Waals surface area contributed by atoms with Gasteiger partial charge < -0.3 is 31.0 Å². The zero-order valence-electron chi connectivity index (χ0n) is 33.3. The van der Waals surface area contributed by atoms with Crippen LogP contribution in [0, 0.1) is 0 Å². The van der Waals surface area contributed by atoms with Crippen molar-refractivity contribution in [2.45, 2.75) is 53.5 Å². The predicted octanol–water partition coefficient (Wildman–Crippen LogP) is 7.19. The van der Waals surface area contributed by atoms with Crippen molar-refractivity contribution in [2.24, 2.45) is 5.16 Å². The Balaban J connectivity index is 1.09. The second-order valence-corrected chi connectivity index (χ2v) is 20.7. The van der Waals surface area contributed by atoms with Crippen LogP contribution in [-0.2, 0) is 35.3 Å². The van der Waals surface area contributed by atoms with Crippen LogP contribution in [0.3, 0.4) is 0 Å². The van der Waals surface area contributed by atoms with E-state index in [1.54, 1.807) is 32.5 Å². The summed E-state index contributed by atoms with van der Waals surface area (Å²) >= 11 is 12.8. The van der Waals surface area contributed by atoms with Gasteiger partial charge in [0.05, 0.1) is 0 Å². The number of carboxylic acids is 1. The van der Waals surface area contributed by atoms with Gasteiger partial charge >= 0.3 is 12.1 Å². The fourth-order valence-electron chi connectivity index (χ4n) is 6.47. The van der Waals surface area contributed by atoms with Gasteiger partial charge in [-0.1, -0.05) is 142 Å². The Morgan fingerprint density at radius 2 is 1.58 bits per heavy atom. The van der Waals surface area contributed by atoms with Crippen LogP contribution in [0.5, 0.6) is 0 Å². The average Bonchev–Trinajstić information content (AvgIpc) is 3.85. The number of rotatable bonds is 16. The van der Waals surface area contributed by atoms with E-state index < -0.39 is 46.5 Å². The van der Waals surface area contributed by atoms with Crippen LogP contribution in [0.4, 0.5) is 9.93 Å². The van der Waals surface area contributed by atoms with E-state index in [1.807, 2.05) is 91.0 Å². The third-order valence-electron chi connectivity index (χ3n) is 9.08. The molecule has 2 aromatic heterocycles. The molecule has 0 unspecified atom stereocenters. The normalized spacial score (nSPS) is 16.6. The molecule has 3 amide bonds. The summed E-state index contributed by atoms with van der Waals surface area (Å²) in [6, 6.07) is 27.1. The molecule has 2 aliphatic rings. The second kappa shape index (κ2) is 19.5. The number of carbonyl (C=O) groups excluding carboxylic acids is 3. The van der Waals surface area contributed by atoms with Gasteiger partial charge in [-0.3, -0.25) is 14.5 Å². The Kier molecular flexibility index (Phi) is 14.1. The zero-order valence-corrected chi connectivity index (χ0v) is 38.1. The molecule has 4 heterocycles. The third kappa shape index (κ3) is 10.1. The summed E-state index contributed by atoms with van der Waals surface area (Å²) in [6.45, 7) is 5.79. The molecule has 0 saturated carbocycles. The topological polar surface area (TPSA) is 211 Å². The van der Waals surface area contributed by atoms with Crippen LogP contribution >= 0.6 is 69.6 Å². The Hall–Kier alpha value is -5.12. The molecule has 62 heavy (non-hydrogen) atoms. The van der Waals surface area contributed by atoms with E-state index in [2.05, 4.69) is 31.0 Å². The number of thioether (sulfide) groups is 3. The average molecular weight is 952 g/mol. The Morgan fingerprint density at radius 1 is 0.968 bits per heavy atom. The van der Waals surface area contributed by atoms with Crippen LogP contribution in [0.15, 0.2) is 111 Å². The Morgan fingerprint density at radius 3 is 2.13 bits per heavy atom. The highest BCUT2D eigenvalue weighted by Gasteiger charge is 2.55. The van der Waals surface area contributed by atoms with Gasteiger partial charge in [-0.15, -0.1) is 22.0 Å². The number of amides is 3. The minimum Gasteiger partial charge on any atom is -0.477 e. The van der Waals surface area contributed by atoms with E-state index >= 15 is 0 Å². The van der Waals surface area contributed by atoms with E-state index in [9.17, 15) is 24.3 Å². The molecular formula is C41H39ClN8O7S5. The van der Waals surface area contributed by atoms with Gasteiger partial charge in [0.1, 0.15) is 37.8 Å². The molecule has 0 radical (unpaired) electrons. The molecule has 0 spiro atoms. The number of nitrogens with one attached hydrogen (secondary N) is 2. The van der Waals surface area contributed by atoms with E-state index in [4.69, 9.17) is 26.9 Å². The maximum Gasteiger partial charge on any atom is 0.407 e. The minimum absolute atomic E-state index is 0.0493. The molecule has 1 saturated heterocycles. The molecule has 15 nitrogen and oxygen atoms in total. The molecule has 3 aromatic carbocycles. The minimum atomic E-state index is -1.37. The number of halogens is 1. The number of thiazole rings is 1. The first-order valence-electron chi connectivity index (χ1n) is 18.9. The van der Waals surface area contributed by atoms with Gasteiger partial charge in [0.2, 0.25) is 5.60 Å². The summed E-state index contributed by atoms with van der Waals surface area (Å²) in [7, 11) is 0. The van der Waals surface area contributed by atoms with Gasteiger partial charge in [0.25, 0.3) is 11.8 Å². The summed E-state index contributed by atoms with van der Waals surface area (Å²) in [4.78, 5) is 65.3. The number of benzene rings is 3. The number of nitrogens with two attached hydrogens (primary N) is 1. The lowest BCUT2D eigenvalue weighted by Gasteiger charge is -2.49. The number of aliphatic carboxylic acids is 1. The van der Waals surface area contributed by atoms with Gasteiger partial charge in [-0.25, -0.2) is 14.6 Å². The van der Waals surface area contributed by atoms with Gasteiger partial charge in [-0.2, -0.15) is 11.8 Å². The van der Waals surface area contributed by atoms with E-state index in [-0.39, 0.29) is 32.3 Å². The first-order valence-corrected chi connectivity index (χ1v) is 23.9. The van der Waals surface area contributed by atoms with E-state index in [1.165, 1.54) is 28.0 Å². The Labute approximate surface area is 382 Å². The smallest absolute Gasteiger partial charge is 0.407 e. The maximum atomic E-state index is 14.4. The zero-order chi connectivity index (χ0) is 44.0. The van der Waals surface area contributed by atoms with Crippen LogP contribution in [-0.4, -0.2) is 89.8 Å². The van der Waals surface area contributed by atoms with Crippen molar-refractivity contribution in [1.82, 2.24) is 30.7 Å². The number of anilines is 1. The lowest BCUT2D eigenvalue weighted by atomic mass is 9.80. The van der Waals surface area contributed by atoms with Crippen molar-refractivity contribution >= 4 is 104 Å². The summed E-state index contributed by atoms with van der Waals surface area (Å²) in [6.07, 6.45) is -0.486. The highest BCUT2D eigenvalue weighted by atomic mass is 35.5. The summed E-state index contributed by atoms with van der Waals surface area (Å²) < 4.78 is 5.83. The van der Waals surface area contributed by atoms with E-state index in [0.717, 1.165) is 23.1 Å². The number of hydrogen-bond acceptors (Lipinski definition) is 16. The largest absolute Gasteiger partial charge is 0.477 e. The molecule has 21 heteroatoms. The third-order valence-corrected chi connectivity index (χ3v) is 14.8. The number of ether oxygens (including phenoxy) is 1. The molecule has 1 fully saturated rings. The number of hydrogen-bond donors (Lipinski definition) is 4. The molecule has 322 valence electrons. The standard InChI is InChI=1S/C41H39ClN8O7S5/c1-40(2,3)56-38(55)44-19-20-58-22-27-47-48-39(61-27)60-26-21-59-35-30(34(52)50(35)31(26)36(53)54)45-33(51)29(28-32(42)62-37(43)46-28)49-57-41(23-13-7-4-8-14-23,24-15-9-5-10-16-24)25-17-11-6-12-18-25/h4-18,30,35H,19-22H2,1-3H3,(H2,43,46)(H,44,55)(H,45,51)(H,53,54)/t30-,35+/m1/s1. The number of β-lactam (4-membered cyclic amide) rings is 1. The number of nitrogens with zero attached hydrogens (tertiary/aromatic N) is 5. The fourth-order valence-corrected chi connectivity index (χ4v) is 11.8. The SMILES string of the molecule is CC(C)(C)OC(=O)NCCSCc1nnc(SC2=C(C(=O)O)N3C(=O)[C@@H](NC(=O)C(=NOC(c4ccccc4)(c4ccccc4)c4ccccc4)c4nc(N)sc4Cl)[C@@H]3SC2)s1. The van der Waals surface area contributed by atoms with Crippen molar-refractivity contribution in [2.75, 3.05) is 23.8 Å². The number of carboxylic acid groups (broad SMARTS) is 1. The van der Waals surface area contributed by atoms with Gasteiger partial charge in [0.15, 0.2) is 15.2 Å². The van der Waals surface area contributed by atoms with Crippen LogP contribution < -0.4 is 16.4 Å². The number of fused-ring (bicyclic) bond motifs is 1. The number of alkyl carbamates (subject to hydrolysis) is 1. The number of aromatic nitrogens is 3. The lowest BCUT2D eigenvalue weighted by Crippen LogP contribution is -2.71. The quantitative estimate of drug-likeness (QED) is 0.0254. The van der Waals surface area contributed by atoms with Crippen molar-refractivity contribution in [3.63, 3.8) is 0 Å². The number of carbonyl (C=O) groups is 4. The van der Waals surface area contributed by atoms with Gasteiger partial charge in [-0.05, 0) is 20.8 Å². The molecule has 2 atom stereocenters. The first kappa shape index (κ1) is 44.9. The molecule has 2 aliphatic heterocycles. The molecule has 7 rings (SSSR count). The molecule has 5 N–H and O–H groups in total. The van der Waals surface area contributed by atoms with Gasteiger partial charge in [0, 0.05) is 45.4 Å². The first-order chi connectivity index (χ1) is 29.7. The molecule has 5 aromatic rings.